The molecule has 0 aromatic heterocycles. The molecule has 2 aliphatic heterocycles. The monoisotopic (exact) mass is 234 g/mol. The number of hydrogen-bond donors (Lipinski definition) is 1. The lowest BCUT2D eigenvalue weighted by molar-refractivity contribution is 0.255. The Bertz CT molecular complexity index is 419. The maximum absolute atomic E-state index is 13.0. The summed E-state index contributed by atoms with van der Waals surface area (Å²) >= 11 is 0. The average Bonchev–Trinajstić information content (AvgIpc) is 2.69. The molecule has 2 heterocycles. The van der Waals surface area contributed by atoms with Gasteiger partial charge in [0, 0.05) is 24.8 Å². The molecule has 3 heteroatoms. The molecule has 2 nitrogen and oxygen atoms in total. The molecule has 0 radical (unpaired) electrons. The maximum Gasteiger partial charge on any atom is 0.123 e. The first-order chi connectivity index (χ1) is 8.22. The van der Waals surface area contributed by atoms with E-state index in [-0.39, 0.29) is 5.82 Å². The van der Waals surface area contributed by atoms with Crippen LogP contribution in [0.25, 0.3) is 0 Å². The van der Waals surface area contributed by atoms with Gasteiger partial charge in [-0.2, -0.15) is 0 Å². The van der Waals surface area contributed by atoms with Gasteiger partial charge in [0.2, 0.25) is 0 Å². The Morgan fingerprint density at radius 3 is 2.94 bits per heavy atom. The van der Waals surface area contributed by atoms with E-state index in [2.05, 4.69) is 10.2 Å². The minimum absolute atomic E-state index is 0.149. The smallest absolute Gasteiger partial charge is 0.123 e. The lowest BCUT2D eigenvalue weighted by Crippen LogP contribution is -2.39. The summed E-state index contributed by atoms with van der Waals surface area (Å²) in [6, 6.07) is 5.58. The quantitative estimate of drug-likeness (QED) is 0.846. The first-order valence-electron chi connectivity index (χ1n) is 6.47. The van der Waals surface area contributed by atoms with Gasteiger partial charge in [0.25, 0.3) is 0 Å². The highest BCUT2D eigenvalue weighted by Crippen LogP contribution is 2.30. The molecule has 17 heavy (non-hydrogen) atoms. The number of piperidine rings is 1. The minimum Gasteiger partial charge on any atom is -0.382 e. The van der Waals surface area contributed by atoms with E-state index in [1.165, 1.54) is 32.5 Å². The van der Waals surface area contributed by atoms with Gasteiger partial charge in [-0.15, -0.1) is 0 Å². The zero-order chi connectivity index (χ0) is 11.8. The van der Waals surface area contributed by atoms with Crippen molar-refractivity contribution in [1.29, 1.82) is 0 Å². The standard InChI is InChI=1S/C14H19FN2/c1-10-8-12(15)2-3-13(10)16-14-5-7-17-6-4-11(14)9-17/h2-3,8,11,14,16H,4-7,9H2,1H3. The van der Waals surface area contributed by atoms with Crippen molar-refractivity contribution in [2.24, 2.45) is 5.92 Å². The molecule has 0 spiro atoms. The fraction of sp³-hybridized carbons (Fsp3) is 0.571. The van der Waals surface area contributed by atoms with Crippen molar-refractivity contribution >= 4 is 5.69 Å². The van der Waals surface area contributed by atoms with Crippen LogP contribution in [-0.2, 0) is 0 Å². The van der Waals surface area contributed by atoms with Gasteiger partial charge >= 0.3 is 0 Å². The van der Waals surface area contributed by atoms with Crippen molar-refractivity contribution in [1.82, 2.24) is 4.90 Å². The molecule has 1 N–H and O–H groups in total. The molecule has 2 fully saturated rings. The molecular weight excluding hydrogens is 215 g/mol. The van der Waals surface area contributed by atoms with Crippen LogP contribution in [0.5, 0.6) is 0 Å². The van der Waals surface area contributed by atoms with E-state index in [1.54, 1.807) is 12.1 Å². The summed E-state index contributed by atoms with van der Waals surface area (Å²) in [7, 11) is 0. The highest BCUT2D eigenvalue weighted by atomic mass is 19.1. The van der Waals surface area contributed by atoms with Crippen LogP contribution in [0.2, 0.25) is 0 Å². The molecule has 1 aromatic carbocycles. The topological polar surface area (TPSA) is 15.3 Å². The fourth-order valence-electron chi connectivity index (χ4n) is 3.13. The lowest BCUT2D eigenvalue weighted by Gasteiger charge is -2.32. The minimum atomic E-state index is -0.149. The normalized spacial score (nSPS) is 31.5. The fourth-order valence-corrected chi connectivity index (χ4v) is 3.13. The molecule has 1 aromatic rings. The SMILES string of the molecule is Cc1cc(F)ccc1NC1CCN2CCC1C2. The van der Waals surface area contributed by atoms with Crippen molar-refractivity contribution in [3.05, 3.63) is 29.6 Å². The predicted molar refractivity (Wildman–Crippen MR) is 67.7 cm³/mol. The van der Waals surface area contributed by atoms with Crippen molar-refractivity contribution in [3.63, 3.8) is 0 Å². The summed E-state index contributed by atoms with van der Waals surface area (Å²) in [5.74, 6) is 0.622. The van der Waals surface area contributed by atoms with E-state index < -0.39 is 0 Å². The maximum atomic E-state index is 13.0. The van der Waals surface area contributed by atoms with Crippen LogP contribution in [0, 0.1) is 18.7 Å². The summed E-state index contributed by atoms with van der Waals surface area (Å²) in [6.07, 6.45) is 2.51. The molecule has 0 aliphatic carbocycles. The van der Waals surface area contributed by atoms with Gasteiger partial charge < -0.3 is 10.2 Å². The zero-order valence-corrected chi connectivity index (χ0v) is 10.2. The molecule has 2 saturated heterocycles. The van der Waals surface area contributed by atoms with Crippen LogP contribution in [0.15, 0.2) is 18.2 Å². The van der Waals surface area contributed by atoms with Gasteiger partial charge in [-0.25, -0.2) is 4.39 Å². The summed E-state index contributed by atoms with van der Waals surface area (Å²) in [6.45, 7) is 5.66. The Labute approximate surface area is 102 Å². The predicted octanol–water partition coefficient (Wildman–Crippen LogP) is 2.64. The third-order valence-corrected chi connectivity index (χ3v) is 4.16. The molecule has 0 saturated carbocycles. The van der Waals surface area contributed by atoms with Gasteiger partial charge in [-0.3, -0.25) is 0 Å². The Morgan fingerprint density at radius 1 is 1.29 bits per heavy atom. The second-order valence-electron chi connectivity index (χ2n) is 5.35. The molecule has 3 atom stereocenters. The number of aryl methyl sites for hydroxylation is 1. The number of nitrogens with zero attached hydrogens (tertiary/aromatic N) is 1. The third kappa shape index (κ3) is 2.16. The Kier molecular flexibility index (Phi) is 2.79. The van der Waals surface area contributed by atoms with E-state index in [0.29, 0.717) is 6.04 Å². The van der Waals surface area contributed by atoms with Gasteiger partial charge in [-0.1, -0.05) is 0 Å². The van der Waals surface area contributed by atoms with Crippen LogP contribution >= 0.6 is 0 Å². The van der Waals surface area contributed by atoms with Gasteiger partial charge in [0.1, 0.15) is 5.82 Å². The second-order valence-corrected chi connectivity index (χ2v) is 5.35. The van der Waals surface area contributed by atoms with Crippen LogP contribution in [0.3, 0.4) is 0 Å². The molecule has 2 bridgehead atoms. The highest BCUT2D eigenvalue weighted by molar-refractivity contribution is 5.51. The lowest BCUT2D eigenvalue weighted by atomic mass is 9.93. The molecular formula is C14H19FN2. The van der Waals surface area contributed by atoms with Gasteiger partial charge in [-0.05, 0) is 56.0 Å². The number of nitrogens with one attached hydrogen (secondary N) is 1. The summed E-state index contributed by atoms with van der Waals surface area (Å²) in [5, 5.41) is 3.61. The highest BCUT2D eigenvalue weighted by Gasteiger charge is 2.34. The molecule has 0 amide bonds. The average molecular weight is 234 g/mol. The third-order valence-electron chi connectivity index (χ3n) is 4.16. The number of rotatable bonds is 2. The molecule has 92 valence electrons. The number of halogens is 1. The first kappa shape index (κ1) is 11.0. The summed E-state index contributed by atoms with van der Waals surface area (Å²) in [4.78, 5) is 2.54. The number of fused-ring (bicyclic) bond motifs is 2. The zero-order valence-electron chi connectivity index (χ0n) is 10.2. The van der Waals surface area contributed by atoms with Crippen molar-refractivity contribution in [2.45, 2.75) is 25.8 Å². The van der Waals surface area contributed by atoms with Crippen LogP contribution in [-0.4, -0.2) is 30.6 Å². The van der Waals surface area contributed by atoms with E-state index in [1.807, 2.05) is 13.0 Å². The Hall–Kier alpha value is -1.09. The van der Waals surface area contributed by atoms with Gasteiger partial charge in [0.05, 0.1) is 0 Å². The van der Waals surface area contributed by atoms with Gasteiger partial charge in [0.15, 0.2) is 0 Å². The molecule has 3 unspecified atom stereocenters. The van der Waals surface area contributed by atoms with Crippen molar-refractivity contribution in [3.8, 4) is 0 Å². The van der Waals surface area contributed by atoms with Crippen LogP contribution < -0.4 is 5.32 Å². The van der Waals surface area contributed by atoms with Crippen molar-refractivity contribution in [2.75, 3.05) is 25.0 Å². The summed E-state index contributed by atoms with van der Waals surface area (Å²) in [5.41, 5.74) is 2.10. The number of benzene rings is 1. The number of anilines is 1. The van der Waals surface area contributed by atoms with Crippen LogP contribution in [0.4, 0.5) is 10.1 Å². The molecule has 3 rings (SSSR count). The Balaban J connectivity index is 1.73. The van der Waals surface area contributed by atoms with E-state index in [9.17, 15) is 4.39 Å². The van der Waals surface area contributed by atoms with E-state index in [4.69, 9.17) is 0 Å². The largest absolute Gasteiger partial charge is 0.382 e. The molecule has 2 aliphatic rings. The van der Waals surface area contributed by atoms with E-state index in [0.717, 1.165) is 17.2 Å². The second kappa shape index (κ2) is 4.30. The van der Waals surface area contributed by atoms with Crippen LogP contribution in [0.1, 0.15) is 18.4 Å². The summed E-state index contributed by atoms with van der Waals surface area (Å²) < 4.78 is 13.0. The first-order valence-corrected chi connectivity index (χ1v) is 6.47. The van der Waals surface area contributed by atoms with E-state index >= 15 is 0 Å². The van der Waals surface area contributed by atoms with Crippen molar-refractivity contribution < 1.29 is 4.39 Å². The number of hydrogen-bond acceptors (Lipinski definition) is 2. The Morgan fingerprint density at radius 2 is 2.12 bits per heavy atom.